The van der Waals surface area contributed by atoms with Gasteiger partial charge in [-0.1, -0.05) is 54.6 Å². The molecule has 0 aromatic heterocycles. The van der Waals surface area contributed by atoms with E-state index in [2.05, 4.69) is 47.9 Å². The van der Waals surface area contributed by atoms with Gasteiger partial charge in [-0.15, -0.1) is 6.58 Å². The number of benzene rings is 2. The molecule has 0 fully saturated rings. The Balaban J connectivity index is 1.65. The van der Waals surface area contributed by atoms with Crippen LogP contribution in [0.4, 0.5) is 4.79 Å². The molecule has 1 aliphatic carbocycles. The minimum absolute atomic E-state index is 0.100. The minimum atomic E-state index is -0.244. The molecule has 0 saturated carbocycles. The van der Waals surface area contributed by atoms with Crippen molar-refractivity contribution in [2.45, 2.75) is 12.8 Å². The largest absolute Gasteiger partial charge is 0.448 e. The second kappa shape index (κ2) is 8.87. The number of fused-ring (bicyclic) bond motifs is 3. The van der Waals surface area contributed by atoms with Crippen molar-refractivity contribution in [3.63, 3.8) is 0 Å². The molecule has 0 radical (unpaired) electrons. The van der Waals surface area contributed by atoms with Gasteiger partial charge in [-0.25, -0.2) is 4.79 Å². The molecule has 0 saturated heterocycles. The smallest absolute Gasteiger partial charge is 0.409 e. The van der Waals surface area contributed by atoms with Gasteiger partial charge >= 0.3 is 6.09 Å². The van der Waals surface area contributed by atoms with Crippen molar-refractivity contribution in [3.05, 3.63) is 72.3 Å². The summed E-state index contributed by atoms with van der Waals surface area (Å²) in [6.07, 6.45) is 1.62. The molecule has 1 amide bonds. The molecular weight excluding hydrogens is 336 g/mol. The van der Waals surface area contributed by atoms with Crippen LogP contribution in [0.5, 0.6) is 0 Å². The number of amides is 1. The van der Waals surface area contributed by atoms with E-state index in [0.29, 0.717) is 19.7 Å². The van der Waals surface area contributed by atoms with Crippen molar-refractivity contribution in [3.8, 4) is 11.1 Å². The van der Waals surface area contributed by atoms with Gasteiger partial charge in [0, 0.05) is 32.1 Å². The Morgan fingerprint density at radius 3 is 2.22 bits per heavy atom. The maximum absolute atomic E-state index is 12.6. The number of carbonyl (C=O) groups excluding carboxylic acids is 1. The zero-order chi connectivity index (χ0) is 19.2. The van der Waals surface area contributed by atoms with Crippen molar-refractivity contribution in [2.75, 3.05) is 39.8 Å². The van der Waals surface area contributed by atoms with Crippen LogP contribution in [0.3, 0.4) is 0 Å². The van der Waals surface area contributed by atoms with Crippen LogP contribution in [-0.2, 0) is 4.74 Å². The Kier molecular flexibility index (Phi) is 6.30. The summed E-state index contributed by atoms with van der Waals surface area (Å²) in [7, 11) is 2.02. The molecule has 27 heavy (non-hydrogen) atoms. The number of hydrogen-bond acceptors (Lipinski definition) is 3. The van der Waals surface area contributed by atoms with Gasteiger partial charge in [0.05, 0.1) is 0 Å². The van der Waals surface area contributed by atoms with Crippen molar-refractivity contribution in [2.24, 2.45) is 0 Å². The van der Waals surface area contributed by atoms with Crippen molar-refractivity contribution < 1.29 is 9.53 Å². The fourth-order valence-corrected chi connectivity index (χ4v) is 3.67. The first-order chi connectivity index (χ1) is 13.2. The zero-order valence-corrected chi connectivity index (χ0v) is 16.2. The van der Waals surface area contributed by atoms with Crippen LogP contribution in [0.25, 0.3) is 11.1 Å². The summed E-state index contributed by atoms with van der Waals surface area (Å²) in [6, 6.07) is 16.8. The van der Waals surface area contributed by atoms with E-state index >= 15 is 0 Å². The maximum Gasteiger partial charge on any atom is 0.409 e. The summed E-state index contributed by atoms with van der Waals surface area (Å²) in [6.45, 7) is 8.99. The number of hydrogen-bond donors (Lipinski definition) is 0. The summed E-state index contributed by atoms with van der Waals surface area (Å²) in [5.41, 5.74) is 4.96. The second-order valence-corrected chi connectivity index (χ2v) is 6.93. The van der Waals surface area contributed by atoms with Gasteiger partial charge < -0.3 is 14.5 Å². The van der Waals surface area contributed by atoms with Crippen molar-refractivity contribution >= 4 is 6.09 Å². The lowest BCUT2D eigenvalue weighted by Gasteiger charge is -2.24. The van der Waals surface area contributed by atoms with E-state index in [1.54, 1.807) is 4.90 Å². The molecule has 0 heterocycles. The van der Waals surface area contributed by atoms with E-state index in [1.165, 1.54) is 22.3 Å². The quantitative estimate of drug-likeness (QED) is 0.652. The molecule has 0 bridgehead atoms. The van der Waals surface area contributed by atoms with Gasteiger partial charge in [-0.05, 0) is 36.2 Å². The predicted molar refractivity (Wildman–Crippen MR) is 110 cm³/mol. The SMILES string of the molecule is C=CCN(C)CCN(CC)C(=O)OCC1c2ccccc2-c2ccccc21. The number of ether oxygens (including phenoxy) is 1. The molecule has 0 N–H and O–H groups in total. The highest BCUT2D eigenvalue weighted by Crippen LogP contribution is 2.44. The van der Waals surface area contributed by atoms with E-state index in [9.17, 15) is 4.79 Å². The fourth-order valence-electron chi connectivity index (χ4n) is 3.67. The zero-order valence-electron chi connectivity index (χ0n) is 16.2. The average Bonchev–Trinajstić information content (AvgIpc) is 3.01. The van der Waals surface area contributed by atoms with Gasteiger partial charge in [0.1, 0.15) is 6.61 Å². The predicted octanol–water partition coefficient (Wildman–Crippen LogP) is 4.38. The van der Waals surface area contributed by atoms with E-state index in [-0.39, 0.29) is 12.0 Å². The summed E-state index contributed by atoms with van der Waals surface area (Å²) in [5.74, 6) is 0.100. The molecule has 0 unspecified atom stereocenters. The normalized spacial score (nSPS) is 12.6. The summed E-state index contributed by atoms with van der Waals surface area (Å²) in [5, 5.41) is 0. The average molecular weight is 364 g/mol. The minimum Gasteiger partial charge on any atom is -0.448 e. The van der Waals surface area contributed by atoms with E-state index < -0.39 is 0 Å². The lowest BCUT2D eigenvalue weighted by atomic mass is 9.98. The molecule has 3 rings (SSSR count). The Morgan fingerprint density at radius 2 is 1.67 bits per heavy atom. The Labute approximate surface area is 162 Å². The molecule has 2 aromatic carbocycles. The topological polar surface area (TPSA) is 32.8 Å². The molecule has 142 valence electrons. The lowest BCUT2D eigenvalue weighted by Crippen LogP contribution is -2.38. The van der Waals surface area contributed by atoms with Gasteiger partial charge in [-0.2, -0.15) is 0 Å². The van der Waals surface area contributed by atoms with Gasteiger partial charge in [0.15, 0.2) is 0 Å². The van der Waals surface area contributed by atoms with E-state index in [1.807, 2.05) is 32.2 Å². The van der Waals surface area contributed by atoms with Crippen molar-refractivity contribution in [1.82, 2.24) is 9.80 Å². The summed E-state index contributed by atoms with van der Waals surface area (Å²) >= 11 is 0. The molecule has 4 heteroatoms. The number of rotatable bonds is 8. The second-order valence-electron chi connectivity index (χ2n) is 6.93. The summed E-state index contributed by atoms with van der Waals surface area (Å²) in [4.78, 5) is 16.5. The number of carbonyl (C=O) groups is 1. The van der Waals surface area contributed by atoms with Crippen LogP contribution in [0.15, 0.2) is 61.2 Å². The van der Waals surface area contributed by atoms with Crippen LogP contribution in [-0.4, -0.2) is 55.7 Å². The van der Waals surface area contributed by atoms with Gasteiger partial charge in [0.25, 0.3) is 0 Å². The van der Waals surface area contributed by atoms with Gasteiger partial charge in [-0.3, -0.25) is 0 Å². The first-order valence-corrected chi connectivity index (χ1v) is 9.55. The molecule has 0 atom stereocenters. The standard InChI is InChI=1S/C23H28N2O2/c1-4-14-24(3)15-16-25(5-2)23(26)27-17-22-20-12-8-6-10-18(20)19-11-7-9-13-21(19)22/h4,6-13,22H,1,5,14-17H2,2-3H3. The van der Waals surface area contributed by atoms with Crippen LogP contribution in [0.2, 0.25) is 0 Å². The lowest BCUT2D eigenvalue weighted by molar-refractivity contribution is 0.0985. The molecule has 1 aliphatic rings. The Morgan fingerprint density at radius 1 is 1.07 bits per heavy atom. The van der Waals surface area contributed by atoms with Crippen molar-refractivity contribution in [1.29, 1.82) is 0 Å². The highest BCUT2D eigenvalue weighted by atomic mass is 16.6. The van der Waals surface area contributed by atoms with Crippen LogP contribution >= 0.6 is 0 Å². The highest BCUT2D eigenvalue weighted by molar-refractivity contribution is 5.79. The third-order valence-electron chi connectivity index (χ3n) is 5.17. The first kappa shape index (κ1) is 19.2. The fraction of sp³-hybridized carbons (Fsp3) is 0.348. The maximum atomic E-state index is 12.6. The molecule has 0 spiro atoms. The van der Waals surface area contributed by atoms with E-state index in [4.69, 9.17) is 4.74 Å². The van der Waals surface area contributed by atoms with Crippen LogP contribution < -0.4 is 0 Å². The third kappa shape index (κ3) is 4.22. The van der Waals surface area contributed by atoms with Gasteiger partial charge in [0.2, 0.25) is 0 Å². The Hall–Kier alpha value is -2.59. The highest BCUT2D eigenvalue weighted by Gasteiger charge is 2.29. The first-order valence-electron chi connectivity index (χ1n) is 9.55. The number of likely N-dealkylation sites (N-methyl/N-ethyl adjacent to an activating group) is 2. The van der Waals surface area contributed by atoms with Crippen LogP contribution in [0, 0.1) is 0 Å². The Bertz CT molecular complexity index is 757. The van der Waals surface area contributed by atoms with E-state index in [0.717, 1.165) is 13.1 Å². The molecule has 2 aromatic rings. The molecule has 0 aliphatic heterocycles. The summed E-state index contributed by atoms with van der Waals surface area (Å²) < 4.78 is 5.73. The third-order valence-corrected chi connectivity index (χ3v) is 5.17. The van der Waals surface area contributed by atoms with Crippen LogP contribution in [0.1, 0.15) is 24.0 Å². The number of nitrogens with zero attached hydrogens (tertiary/aromatic N) is 2. The monoisotopic (exact) mass is 364 g/mol. The molecular formula is C23H28N2O2. The molecule has 4 nitrogen and oxygen atoms in total.